The minimum absolute atomic E-state index is 0.106. The molecule has 152 valence electrons. The number of hydrogen-bond acceptors (Lipinski definition) is 3. The van der Waals surface area contributed by atoms with Gasteiger partial charge in [-0.2, -0.15) is 0 Å². The highest BCUT2D eigenvalue weighted by molar-refractivity contribution is 9.10. The molecule has 0 spiro atoms. The van der Waals surface area contributed by atoms with E-state index < -0.39 is 7.60 Å². The Bertz CT molecular complexity index is 961. The molecular formula is C20H20BrN2O5P. The summed E-state index contributed by atoms with van der Waals surface area (Å²) in [5.74, 6) is -0.328. The first-order valence-corrected chi connectivity index (χ1v) is 11.3. The zero-order valence-corrected chi connectivity index (χ0v) is 17.9. The summed E-state index contributed by atoms with van der Waals surface area (Å²) in [5.41, 5.74) is 1.28. The van der Waals surface area contributed by atoms with Crippen LogP contribution in [-0.4, -0.2) is 57.6 Å². The monoisotopic (exact) mass is 478 g/mol. The third-order valence-electron chi connectivity index (χ3n) is 4.62. The lowest BCUT2D eigenvalue weighted by atomic mass is 10.1. The average Bonchev–Trinajstić information content (AvgIpc) is 2.72. The van der Waals surface area contributed by atoms with Crippen LogP contribution in [0.5, 0.6) is 0 Å². The Morgan fingerprint density at radius 2 is 1.45 bits per heavy atom. The van der Waals surface area contributed by atoms with Crippen molar-refractivity contribution in [2.45, 2.75) is 0 Å². The van der Waals surface area contributed by atoms with Crippen molar-refractivity contribution in [2.75, 3.05) is 26.2 Å². The average molecular weight is 479 g/mol. The van der Waals surface area contributed by atoms with Gasteiger partial charge in [0.15, 0.2) is 0 Å². The second-order valence-corrected chi connectivity index (χ2v) is 9.11. The smallest absolute Gasteiger partial charge is 0.336 e. The summed E-state index contributed by atoms with van der Waals surface area (Å²) < 4.78 is 12.2. The molecule has 2 N–H and O–H groups in total. The molecule has 1 fully saturated rings. The molecule has 1 heterocycles. The van der Waals surface area contributed by atoms with Crippen LogP contribution in [-0.2, 0) is 9.36 Å². The number of rotatable bonds is 4. The second kappa shape index (κ2) is 9.05. The van der Waals surface area contributed by atoms with Crippen LogP contribution in [0.3, 0.4) is 0 Å². The van der Waals surface area contributed by atoms with Crippen molar-refractivity contribution >= 4 is 46.7 Å². The Labute approximate surface area is 176 Å². The molecule has 3 rings (SSSR count). The molecule has 29 heavy (non-hydrogen) atoms. The molecule has 0 aromatic heterocycles. The topological polar surface area (TPSA) is 98.2 Å². The summed E-state index contributed by atoms with van der Waals surface area (Å²) in [6.07, 6.45) is 3.29. The summed E-state index contributed by atoms with van der Waals surface area (Å²) in [6, 6.07) is 13.0. The summed E-state index contributed by atoms with van der Waals surface area (Å²) >= 11 is 3.37. The van der Waals surface area contributed by atoms with Crippen molar-refractivity contribution in [1.82, 2.24) is 9.80 Å². The largest absolute Gasteiger partial charge is 0.356 e. The SMILES string of the molecule is O=C(/C=C/c1ccc(Br)cc1)N1CCN(C(=O)c2ccc(P(=O)(O)O)cc2)CC1. The van der Waals surface area contributed by atoms with Gasteiger partial charge in [0, 0.05) is 42.3 Å². The maximum Gasteiger partial charge on any atom is 0.356 e. The van der Waals surface area contributed by atoms with Gasteiger partial charge in [0.25, 0.3) is 5.91 Å². The van der Waals surface area contributed by atoms with Crippen molar-refractivity contribution < 1.29 is 23.9 Å². The fourth-order valence-corrected chi connectivity index (χ4v) is 3.76. The lowest BCUT2D eigenvalue weighted by Gasteiger charge is -2.34. The van der Waals surface area contributed by atoms with Crippen LogP contribution >= 0.6 is 23.5 Å². The van der Waals surface area contributed by atoms with Crippen molar-refractivity contribution in [2.24, 2.45) is 0 Å². The predicted molar refractivity (Wildman–Crippen MR) is 114 cm³/mol. The maximum atomic E-state index is 12.6. The van der Waals surface area contributed by atoms with E-state index in [4.69, 9.17) is 9.79 Å². The summed E-state index contributed by atoms with van der Waals surface area (Å²) in [7, 11) is -4.33. The molecule has 7 nitrogen and oxygen atoms in total. The lowest BCUT2D eigenvalue weighted by molar-refractivity contribution is -0.127. The van der Waals surface area contributed by atoms with Gasteiger partial charge >= 0.3 is 7.60 Å². The molecule has 0 radical (unpaired) electrons. The van der Waals surface area contributed by atoms with Crippen LogP contribution in [0.25, 0.3) is 6.08 Å². The van der Waals surface area contributed by atoms with Crippen LogP contribution in [0.1, 0.15) is 15.9 Å². The Hall–Kier alpha value is -2.25. The molecule has 0 bridgehead atoms. The third-order valence-corrected chi connectivity index (χ3v) is 6.12. The predicted octanol–water partition coefficient (Wildman–Crippen LogP) is 2.25. The Balaban J connectivity index is 1.55. The van der Waals surface area contributed by atoms with E-state index in [0.717, 1.165) is 10.0 Å². The molecule has 0 unspecified atom stereocenters. The Kier molecular flexibility index (Phi) is 6.70. The normalized spacial score (nSPS) is 15.0. The standard InChI is InChI=1S/C20H20BrN2O5P/c21-17-6-1-15(2-7-17)3-10-19(24)22-11-13-23(14-12-22)20(25)16-4-8-18(9-5-16)29(26,27)28/h1-10H,11-14H2,(H2,26,27,28)/b10-3+. The molecule has 9 heteroatoms. The molecule has 0 aliphatic carbocycles. The van der Waals surface area contributed by atoms with Crippen LogP contribution < -0.4 is 5.30 Å². The summed E-state index contributed by atoms with van der Waals surface area (Å²) in [6.45, 7) is 1.65. The van der Waals surface area contributed by atoms with Gasteiger partial charge in [-0.25, -0.2) is 0 Å². The van der Waals surface area contributed by atoms with Gasteiger partial charge in [0.2, 0.25) is 5.91 Å². The van der Waals surface area contributed by atoms with E-state index in [0.29, 0.717) is 31.7 Å². The lowest BCUT2D eigenvalue weighted by Crippen LogP contribution is -2.50. The first-order chi connectivity index (χ1) is 13.7. The van der Waals surface area contributed by atoms with Gasteiger partial charge in [-0.15, -0.1) is 0 Å². The minimum Gasteiger partial charge on any atom is -0.336 e. The van der Waals surface area contributed by atoms with Crippen LogP contribution in [0.4, 0.5) is 0 Å². The van der Waals surface area contributed by atoms with Gasteiger partial charge in [0.05, 0.1) is 5.30 Å². The molecule has 0 saturated carbocycles. The zero-order valence-electron chi connectivity index (χ0n) is 15.4. The number of amides is 2. The van der Waals surface area contributed by atoms with E-state index in [1.807, 2.05) is 24.3 Å². The summed E-state index contributed by atoms with van der Waals surface area (Å²) in [4.78, 5) is 46.6. The van der Waals surface area contributed by atoms with Crippen molar-refractivity contribution in [3.63, 3.8) is 0 Å². The highest BCUT2D eigenvalue weighted by Crippen LogP contribution is 2.32. The molecule has 1 aliphatic rings. The number of hydrogen-bond donors (Lipinski definition) is 2. The quantitative estimate of drug-likeness (QED) is 0.518. The van der Waals surface area contributed by atoms with E-state index in [1.165, 1.54) is 30.3 Å². The first kappa shape index (κ1) is 21.5. The molecule has 2 aromatic carbocycles. The van der Waals surface area contributed by atoms with Gasteiger partial charge < -0.3 is 19.6 Å². The van der Waals surface area contributed by atoms with E-state index in [9.17, 15) is 14.2 Å². The highest BCUT2D eigenvalue weighted by atomic mass is 79.9. The summed E-state index contributed by atoms with van der Waals surface area (Å²) in [5, 5.41) is -0.123. The van der Waals surface area contributed by atoms with E-state index >= 15 is 0 Å². The van der Waals surface area contributed by atoms with Gasteiger partial charge in [-0.1, -0.05) is 28.1 Å². The number of carbonyl (C=O) groups is 2. The fourth-order valence-electron chi connectivity index (χ4n) is 2.96. The number of nitrogens with zero attached hydrogens (tertiary/aromatic N) is 2. The van der Waals surface area contributed by atoms with Gasteiger partial charge in [0.1, 0.15) is 0 Å². The number of benzene rings is 2. The number of halogens is 1. The Morgan fingerprint density at radius 1 is 0.897 bits per heavy atom. The van der Waals surface area contributed by atoms with E-state index in [-0.39, 0.29) is 17.1 Å². The molecule has 2 amide bonds. The molecule has 1 saturated heterocycles. The van der Waals surface area contributed by atoms with Crippen LogP contribution in [0, 0.1) is 0 Å². The number of piperazine rings is 1. The van der Waals surface area contributed by atoms with Gasteiger partial charge in [-0.05, 0) is 48.0 Å². The fraction of sp³-hybridized carbons (Fsp3) is 0.200. The first-order valence-electron chi connectivity index (χ1n) is 8.92. The third kappa shape index (κ3) is 5.64. The van der Waals surface area contributed by atoms with Crippen molar-refractivity contribution in [3.8, 4) is 0 Å². The minimum atomic E-state index is -4.33. The van der Waals surface area contributed by atoms with Crippen LogP contribution in [0.2, 0.25) is 0 Å². The Morgan fingerprint density at radius 3 is 2.00 bits per heavy atom. The van der Waals surface area contributed by atoms with Gasteiger partial charge in [-0.3, -0.25) is 14.2 Å². The molecule has 0 atom stereocenters. The maximum absolute atomic E-state index is 12.6. The number of carbonyl (C=O) groups excluding carboxylic acids is 2. The molecular weight excluding hydrogens is 459 g/mol. The van der Waals surface area contributed by atoms with Crippen molar-refractivity contribution in [1.29, 1.82) is 0 Å². The van der Waals surface area contributed by atoms with Crippen LogP contribution in [0.15, 0.2) is 59.1 Å². The van der Waals surface area contributed by atoms with E-state index in [2.05, 4.69) is 15.9 Å². The molecule has 1 aliphatic heterocycles. The van der Waals surface area contributed by atoms with E-state index in [1.54, 1.807) is 15.9 Å². The zero-order chi connectivity index (χ0) is 21.0. The molecule has 2 aromatic rings. The second-order valence-electron chi connectivity index (χ2n) is 6.59. The highest BCUT2D eigenvalue weighted by Gasteiger charge is 2.24. The van der Waals surface area contributed by atoms with Crippen molar-refractivity contribution in [3.05, 3.63) is 70.2 Å².